The Kier molecular flexibility index (Phi) is 3.35. The summed E-state index contributed by atoms with van der Waals surface area (Å²) < 4.78 is 0. The summed E-state index contributed by atoms with van der Waals surface area (Å²) in [4.78, 5) is 20.8. The normalized spacial score (nSPS) is 24.1. The van der Waals surface area contributed by atoms with Gasteiger partial charge >= 0.3 is 0 Å². The first-order chi connectivity index (χ1) is 10.7. The molecule has 2 atom stereocenters. The standard InChI is InChI=1S/C16H17N3O2S/c20-13-3-1-11(2-4-13)5-18-6-12-7-19(8-15(12)18)16(21)14-9-22-10-17-14/h1-4,9-10,12,15,20H,5-8H2/t12-,15-/m1/s1. The Labute approximate surface area is 132 Å². The van der Waals surface area contributed by atoms with Crippen molar-refractivity contribution in [2.45, 2.75) is 12.6 Å². The van der Waals surface area contributed by atoms with Gasteiger partial charge in [0.05, 0.1) is 5.51 Å². The number of nitrogens with zero attached hydrogens (tertiary/aromatic N) is 3. The van der Waals surface area contributed by atoms with E-state index >= 15 is 0 Å². The number of likely N-dealkylation sites (tertiary alicyclic amines) is 2. The van der Waals surface area contributed by atoms with Crippen LogP contribution in [0.4, 0.5) is 0 Å². The molecule has 0 spiro atoms. The second kappa shape index (κ2) is 5.37. The van der Waals surface area contributed by atoms with Crippen molar-refractivity contribution in [2.75, 3.05) is 19.6 Å². The van der Waals surface area contributed by atoms with Gasteiger partial charge in [0.15, 0.2) is 0 Å². The fraction of sp³-hybridized carbons (Fsp3) is 0.375. The van der Waals surface area contributed by atoms with E-state index in [4.69, 9.17) is 0 Å². The number of aromatic nitrogens is 1. The molecule has 0 saturated carbocycles. The van der Waals surface area contributed by atoms with Gasteiger partial charge in [-0.25, -0.2) is 4.98 Å². The lowest BCUT2D eigenvalue weighted by atomic mass is 9.91. The summed E-state index contributed by atoms with van der Waals surface area (Å²) in [5.41, 5.74) is 3.46. The number of hydrogen-bond acceptors (Lipinski definition) is 5. The number of rotatable bonds is 3. The van der Waals surface area contributed by atoms with E-state index in [0.29, 0.717) is 23.4 Å². The molecule has 0 bridgehead atoms. The summed E-state index contributed by atoms with van der Waals surface area (Å²) in [6, 6.07) is 7.81. The summed E-state index contributed by atoms with van der Waals surface area (Å²) in [6.07, 6.45) is 0. The van der Waals surface area contributed by atoms with Crippen LogP contribution in [-0.2, 0) is 6.54 Å². The number of hydrogen-bond donors (Lipinski definition) is 1. The van der Waals surface area contributed by atoms with Gasteiger partial charge in [-0.1, -0.05) is 12.1 Å². The van der Waals surface area contributed by atoms with Gasteiger partial charge < -0.3 is 10.0 Å². The molecule has 2 fully saturated rings. The van der Waals surface area contributed by atoms with E-state index in [0.717, 1.165) is 26.2 Å². The first kappa shape index (κ1) is 13.7. The van der Waals surface area contributed by atoms with Gasteiger partial charge in [-0.3, -0.25) is 9.69 Å². The minimum atomic E-state index is 0.0558. The Balaban J connectivity index is 1.39. The molecule has 6 heteroatoms. The summed E-state index contributed by atoms with van der Waals surface area (Å²) >= 11 is 1.46. The fourth-order valence-corrected chi connectivity index (χ4v) is 3.94. The van der Waals surface area contributed by atoms with Crippen molar-refractivity contribution in [3.63, 3.8) is 0 Å². The molecular formula is C16H17N3O2S. The second-order valence-electron chi connectivity index (χ2n) is 6.01. The number of carbonyl (C=O) groups excluding carboxylic acids is 1. The van der Waals surface area contributed by atoms with Crippen molar-refractivity contribution >= 4 is 17.2 Å². The molecule has 4 rings (SSSR count). The molecule has 22 heavy (non-hydrogen) atoms. The number of fused-ring (bicyclic) bond motifs is 1. The number of amides is 1. The topological polar surface area (TPSA) is 56.7 Å². The van der Waals surface area contributed by atoms with E-state index in [1.54, 1.807) is 17.6 Å². The number of aromatic hydroxyl groups is 1. The van der Waals surface area contributed by atoms with Crippen molar-refractivity contribution in [3.05, 3.63) is 46.4 Å². The van der Waals surface area contributed by atoms with Crippen LogP contribution in [-0.4, -0.2) is 51.5 Å². The highest BCUT2D eigenvalue weighted by Gasteiger charge is 2.46. The number of carbonyl (C=O) groups is 1. The molecule has 0 aliphatic carbocycles. The molecule has 3 heterocycles. The van der Waals surface area contributed by atoms with Crippen molar-refractivity contribution in [2.24, 2.45) is 5.92 Å². The van der Waals surface area contributed by atoms with Crippen LogP contribution in [0.1, 0.15) is 16.1 Å². The molecule has 2 aliphatic rings. The fourth-order valence-electron chi connectivity index (χ4n) is 3.41. The van der Waals surface area contributed by atoms with Gasteiger partial charge in [0.2, 0.25) is 0 Å². The van der Waals surface area contributed by atoms with Gasteiger partial charge in [-0.2, -0.15) is 0 Å². The smallest absolute Gasteiger partial charge is 0.273 e. The lowest BCUT2D eigenvalue weighted by Crippen LogP contribution is -2.54. The zero-order chi connectivity index (χ0) is 15.1. The van der Waals surface area contributed by atoms with Crippen LogP contribution >= 0.6 is 11.3 Å². The van der Waals surface area contributed by atoms with Crippen LogP contribution in [0.25, 0.3) is 0 Å². The summed E-state index contributed by atoms with van der Waals surface area (Å²) in [6.45, 7) is 3.54. The molecule has 1 aromatic carbocycles. The zero-order valence-electron chi connectivity index (χ0n) is 12.1. The molecule has 5 nitrogen and oxygen atoms in total. The summed E-state index contributed by atoms with van der Waals surface area (Å²) in [5.74, 6) is 0.936. The molecule has 114 valence electrons. The summed E-state index contributed by atoms with van der Waals surface area (Å²) in [5, 5.41) is 11.2. The van der Waals surface area contributed by atoms with E-state index < -0.39 is 0 Å². The van der Waals surface area contributed by atoms with Crippen LogP contribution in [0.2, 0.25) is 0 Å². The van der Waals surface area contributed by atoms with E-state index in [1.165, 1.54) is 16.9 Å². The summed E-state index contributed by atoms with van der Waals surface area (Å²) in [7, 11) is 0. The largest absolute Gasteiger partial charge is 0.508 e. The predicted octanol–water partition coefficient (Wildman–Crippen LogP) is 1.81. The Morgan fingerprint density at radius 2 is 2.09 bits per heavy atom. The molecule has 1 aromatic heterocycles. The molecule has 2 aromatic rings. The molecule has 2 saturated heterocycles. The maximum absolute atomic E-state index is 12.4. The van der Waals surface area contributed by atoms with Gasteiger partial charge in [0.1, 0.15) is 11.4 Å². The molecule has 0 unspecified atom stereocenters. The second-order valence-corrected chi connectivity index (χ2v) is 6.73. The number of phenols is 1. The van der Waals surface area contributed by atoms with Gasteiger partial charge in [0.25, 0.3) is 5.91 Å². The van der Waals surface area contributed by atoms with Crippen LogP contribution in [0.3, 0.4) is 0 Å². The first-order valence-electron chi connectivity index (χ1n) is 7.40. The molecule has 0 radical (unpaired) electrons. The molecule has 1 amide bonds. The Hall–Kier alpha value is -1.92. The lowest BCUT2D eigenvalue weighted by molar-refractivity contribution is 0.0433. The Morgan fingerprint density at radius 3 is 2.82 bits per heavy atom. The third kappa shape index (κ3) is 2.38. The zero-order valence-corrected chi connectivity index (χ0v) is 12.9. The van der Waals surface area contributed by atoms with Crippen molar-refractivity contribution < 1.29 is 9.90 Å². The average molecular weight is 315 g/mol. The van der Waals surface area contributed by atoms with E-state index in [9.17, 15) is 9.90 Å². The van der Waals surface area contributed by atoms with Crippen LogP contribution in [0.15, 0.2) is 35.2 Å². The number of thiazole rings is 1. The van der Waals surface area contributed by atoms with Gasteiger partial charge in [0, 0.05) is 43.5 Å². The van der Waals surface area contributed by atoms with Crippen LogP contribution < -0.4 is 0 Å². The van der Waals surface area contributed by atoms with E-state index in [2.05, 4.69) is 9.88 Å². The molecule has 1 N–H and O–H groups in total. The van der Waals surface area contributed by atoms with E-state index in [-0.39, 0.29) is 5.91 Å². The molecular weight excluding hydrogens is 298 g/mol. The van der Waals surface area contributed by atoms with Crippen molar-refractivity contribution in [1.82, 2.24) is 14.8 Å². The molecule has 2 aliphatic heterocycles. The number of benzene rings is 1. The number of phenolic OH excluding ortho intramolecular Hbond substituents is 1. The average Bonchev–Trinajstić information content (AvgIpc) is 3.14. The highest BCUT2D eigenvalue weighted by atomic mass is 32.1. The maximum atomic E-state index is 12.4. The Bertz CT molecular complexity index is 671. The monoisotopic (exact) mass is 315 g/mol. The first-order valence-corrected chi connectivity index (χ1v) is 8.34. The predicted molar refractivity (Wildman–Crippen MR) is 83.8 cm³/mol. The third-order valence-electron chi connectivity index (χ3n) is 4.61. The third-order valence-corrected chi connectivity index (χ3v) is 5.19. The van der Waals surface area contributed by atoms with Crippen molar-refractivity contribution in [1.29, 1.82) is 0 Å². The Morgan fingerprint density at radius 1 is 1.27 bits per heavy atom. The minimum Gasteiger partial charge on any atom is -0.508 e. The van der Waals surface area contributed by atoms with Crippen LogP contribution in [0.5, 0.6) is 5.75 Å². The highest BCUT2D eigenvalue weighted by Crippen LogP contribution is 2.34. The van der Waals surface area contributed by atoms with Crippen LogP contribution in [0, 0.1) is 5.92 Å². The maximum Gasteiger partial charge on any atom is 0.273 e. The van der Waals surface area contributed by atoms with Gasteiger partial charge in [-0.15, -0.1) is 11.3 Å². The highest BCUT2D eigenvalue weighted by molar-refractivity contribution is 7.07. The minimum absolute atomic E-state index is 0.0558. The van der Waals surface area contributed by atoms with Crippen molar-refractivity contribution in [3.8, 4) is 5.75 Å². The van der Waals surface area contributed by atoms with E-state index in [1.807, 2.05) is 22.4 Å². The quantitative estimate of drug-likeness (QED) is 0.938. The van der Waals surface area contributed by atoms with Gasteiger partial charge in [-0.05, 0) is 17.7 Å². The lowest BCUT2D eigenvalue weighted by Gasteiger charge is -2.43. The SMILES string of the molecule is O=C(c1cscn1)N1C[C@H]2CN(Cc3ccc(O)cc3)[C@@H]2C1.